The maximum Gasteiger partial charge on any atom is 0.339 e. The lowest BCUT2D eigenvalue weighted by Gasteiger charge is -2.13. The van der Waals surface area contributed by atoms with Crippen LogP contribution >= 0.6 is 0 Å². The number of primary amides is 1. The van der Waals surface area contributed by atoms with E-state index in [9.17, 15) is 19.2 Å². The van der Waals surface area contributed by atoms with Crippen LogP contribution in [0.15, 0.2) is 54.6 Å². The molecule has 128 valence electrons. The molecule has 3 amide bonds. The van der Waals surface area contributed by atoms with Crippen LogP contribution in [-0.4, -0.2) is 29.8 Å². The number of urea groups is 1. The number of hydrogen-bond donors (Lipinski definition) is 2. The summed E-state index contributed by atoms with van der Waals surface area (Å²) >= 11 is 0. The molecule has 0 bridgehead atoms. The number of rotatable bonds is 5. The predicted octanol–water partition coefficient (Wildman–Crippen LogP) is 1.66. The summed E-state index contributed by atoms with van der Waals surface area (Å²) in [7, 11) is 0. The van der Waals surface area contributed by atoms with E-state index in [1.807, 2.05) is 5.32 Å². The molecule has 3 N–H and O–H groups in total. The van der Waals surface area contributed by atoms with Crippen molar-refractivity contribution in [3.63, 3.8) is 0 Å². The van der Waals surface area contributed by atoms with Crippen molar-refractivity contribution in [3.8, 4) is 0 Å². The first-order valence-electron chi connectivity index (χ1n) is 7.40. The number of nitrogens with one attached hydrogen (secondary N) is 1. The van der Waals surface area contributed by atoms with E-state index in [4.69, 9.17) is 10.5 Å². The van der Waals surface area contributed by atoms with Gasteiger partial charge in [0.05, 0.1) is 5.56 Å². The summed E-state index contributed by atoms with van der Waals surface area (Å²) in [5.74, 6) is -2.05. The topological polar surface area (TPSA) is 116 Å². The smallest absolute Gasteiger partial charge is 0.339 e. The maximum absolute atomic E-state index is 12.6. The average molecular weight is 340 g/mol. The molecule has 0 unspecified atom stereocenters. The summed E-state index contributed by atoms with van der Waals surface area (Å²) < 4.78 is 5.01. The highest BCUT2D eigenvalue weighted by Gasteiger charge is 2.23. The molecule has 2 rings (SSSR count). The Labute approximate surface area is 143 Å². The van der Waals surface area contributed by atoms with Crippen molar-refractivity contribution in [2.45, 2.75) is 13.0 Å². The fraction of sp³-hybridized carbons (Fsp3) is 0.111. The van der Waals surface area contributed by atoms with Gasteiger partial charge in [0, 0.05) is 11.1 Å². The van der Waals surface area contributed by atoms with E-state index in [-0.39, 0.29) is 16.9 Å². The van der Waals surface area contributed by atoms with Gasteiger partial charge < -0.3 is 10.5 Å². The molecular weight excluding hydrogens is 324 g/mol. The van der Waals surface area contributed by atoms with Crippen molar-refractivity contribution in [2.75, 3.05) is 0 Å². The molecule has 0 aliphatic carbocycles. The minimum absolute atomic E-state index is 0.0232. The number of carbonyl (C=O) groups excluding carboxylic acids is 4. The van der Waals surface area contributed by atoms with Crippen molar-refractivity contribution in [2.24, 2.45) is 5.73 Å². The summed E-state index contributed by atoms with van der Waals surface area (Å²) in [4.78, 5) is 47.2. The number of ketones is 1. The Bertz CT molecular complexity index is 817. The van der Waals surface area contributed by atoms with E-state index in [1.54, 1.807) is 42.5 Å². The van der Waals surface area contributed by atoms with Crippen LogP contribution in [-0.2, 0) is 9.53 Å². The first-order valence-corrected chi connectivity index (χ1v) is 7.40. The summed E-state index contributed by atoms with van der Waals surface area (Å²) in [6.45, 7) is 1.29. The van der Waals surface area contributed by atoms with Gasteiger partial charge in [0.2, 0.25) is 0 Å². The van der Waals surface area contributed by atoms with Crippen molar-refractivity contribution < 1.29 is 23.9 Å². The van der Waals surface area contributed by atoms with E-state index in [0.717, 1.165) is 0 Å². The van der Waals surface area contributed by atoms with Crippen molar-refractivity contribution >= 4 is 23.7 Å². The molecule has 0 fully saturated rings. The highest BCUT2D eigenvalue weighted by Crippen LogP contribution is 2.16. The average Bonchev–Trinajstić information content (AvgIpc) is 2.61. The number of hydrogen-bond acceptors (Lipinski definition) is 5. The number of amides is 3. The van der Waals surface area contributed by atoms with Crippen LogP contribution < -0.4 is 11.1 Å². The van der Waals surface area contributed by atoms with E-state index in [2.05, 4.69) is 0 Å². The zero-order valence-electron chi connectivity index (χ0n) is 13.4. The molecule has 0 aromatic heterocycles. The molecule has 25 heavy (non-hydrogen) atoms. The molecule has 2 aromatic rings. The van der Waals surface area contributed by atoms with Crippen molar-refractivity contribution in [1.29, 1.82) is 0 Å². The monoisotopic (exact) mass is 340 g/mol. The lowest BCUT2D eigenvalue weighted by molar-refractivity contribution is -0.127. The lowest BCUT2D eigenvalue weighted by Crippen LogP contribution is -2.42. The Morgan fingerprint density at radius 3 is 2.08 bits per heavy atom. The molecule has 0 saturated heterocycles. The molecule has 1 atom stereocenters. The van der Waals surface area contributed by atoms with Crippen LogP contribution in [0.25, 0.3) is 0 Å². The van der Waals surface area contributed by atoms with Gasteiger partial charge in [0.1, 0.15) is 0 Å². The summed E-state index contributed by atoms with van der Waals surface area (Å²) in [5, 5.41) is 1.82. The SMILES string of the molecule is C[C@H](OC(=O)c1ccccc1C(=O)c1ccccc1)C(=O)NC(N)=O. The predicted molar refractivity (Wildman–Crippen MR) is 88.9 cm³/mol. The van der Waals surface area contributed by atoms with Gasteiger partial charge in [0.25, 0.3) is 5.91 Å². The number of benzene rings is 2. The molecule has 7 heteroatoms. The van der Waals surface area contributed by atoms with Crippen LogP contribution in [0.2, 0.25) is 0 Å². The van der Waals surface area contributed by atoms with Gasteiger partial charge in [-0.3, -0.25) is 14.9 Å². The molecule has 2 aromatic carbocycles. The Kier molecular flexibility index (Phi) is 5.62. The molecular formula is C18H16N2O5. The molecule has 0 radical (unpaired) electrons. The molecule has 0 aliphatic heterocycles. The Balaban J connectivity index is 2.22. The van der Waals surface area contributed by atoms with Crippen LogP contribution in [0, 0.1) is 0 Å². The van der Waals surface area contributed by atoms with E-state index in [1.165, 1.54) is 19.1 Å². The van der Waals surface area contributed by atoms with Gasteiger partial charge in [-0.05, 0) is 13.0 Å². The third-order valence-electron chi connectivity index (χ3n) is 3.33. The van der Waals surface area contributed by atoms with Crippen LogP contribution in [0.3, 0.4) is 0 Å². The fourth-order valence-corrected chi connectivity index (χ4v) is 2.10. The second-order valence-electron chi connectivity index (χ2n) is 5.14. The van der Waals surface area contributed by atoms with E-state index < -0.39 is 24.0 Å². The summed E-state index contributed by atoms with van der Waals surface area (Å²) in [6, 6.07) is 13.5. The van der Waals surface area contributed by atoms with Gasteiger partial charge in [-0.25, -0.2) is 9.59 Å². The van der Waals surface area contributed by atoms with Crippen LogP contribution in [0.5, 0.6) is 0 Å². The lowest BCUT2D eigenvalue weighted by atomic mass is 9.98. The number of ether oxygens (including phenoxy) is 1. The Morgan fingerprint density at radius 1 is 0.920 bits per heavy atom. The zero-order chi connectivity index (χ0) is 18.4. The quantitative estimate of drug-likeness (QED) is 0.634. The van der Waals surface area contributed by atoms with Crippen LogP contribution in [0.4, 0.5) is 4.79 Å². The van der Waals surface area contributed by atoms with Crippen LogP contribution in [0.1, 0.15) is 33.2 Å². The molecule has 0 aliphatic rings. The Morgan fingerprint density at radius 2 is 1.48 bits per heavy atom. The molecule has 0 spiro atoms. The normalized spacial score (nSPS) is 11.2. The summed E-state index contributed by atoms with van der Waals surface area (Å²) in [5.41, 5.74) is 5.44. The highest BCUT2D eigenvalue weighted by atomic mass is 16.5. The van der Waals surface area contributed by atoms with Gasteiger partial charge in [-0.1, -0.05) is 48.5 Å². The van der Waals surface area contributed by atoms with Crippen molar-refractivity contribution in [3.05, 3.63) is 71.3 Å². The van der Waals surface area contributed by atoms with Gasteiger partial charge >= 0.3 is 12.0 Å². The second-order valence-corrected chi connectivity index (χ2v) is 5.14. The number of nitrogens with two attached hydrogens (primary N) is 1. The minimum Gasteiger partial charge on any atom is -0.449 e. The number of esters is 1. The molecule has 0 heterocycles. The first-order chi connectivity index (χ1) is 11.9. The third kappa shape index (κ3) is 4.51. The van der Waals surface area contributed by atoms with Crippen molar-refractivity contribution in [1.82, 2.24) is 5.32 Å². The maximum atomic E-state index is 12.6. The zero-order valence-corrected chi connectivity index (χ0v) is 13.4. The van der Waals surface area contributed by atoms with Gasteiger partial charge in [0.15, 0.2) is 11.9 Å². The van der Waals surface area contributed by atoms with Gasteiger partial charge in [-0.2, -0.15) is 0 Å². The first kappa shape index (κ1) is 17.9. The third-order valence-corrected chi connectivity index (χ3v) is 3.33. The highest BCUT2D eigenvalue weighted by molar-refractivity contribution is 6.14. The van der Waals surface area contributed by atoms with Gasteiger partial charge in [-0.15, -0.1) is 0 Å². The largest absolute Gasteiger partial charge is 0.449 e. The number of carbonyl (C=O) groups is 4. The van der Waals surface area contributed by atoms with E-state index >= 15 is 0 Å². The second kappa shape index (κ2) is 7.87. The summed E-state index contributed by atoms with van der Waals surface area (Å²) in [6.07, 6.45) is -1.25. The number of imide groups is 1. The van der Waals surface area contributed by atoms with E-state index in [0.29, 0.717) is 5.56 Å². The fourth-order valence-electron chi connectivity index (χ4n) is 2.10. The molecule has 7 nitrogen and oxygen atoms in total. The minimum atomic E-state index is -1.25. The standard InChI is InChI=1S/C18H16N2O5/c1-11(16(22)20-18(19)24)25-17(23)14-10-6-5-9-13(14)15(21)12-7-3-2-4-8-12/h2-11H,1H3,(H3,19,20,22,24)/t11-/m0/s1. The Hall–Kier alpha value is -3.48. The molecule has 0 saturated carbocycles.